The summed E-state index contributed by atoms with van der Waals surface area (Å²) in [4.78, 5) is 4.38. The van der Waals surface area contributed by atoms with Crippen LogP contribution in [-0.2, 0) is 0 Å². The van der Waals surface area contributed by atoms with Gasteiger partial charge in [-0.15, -0.1) is 0 Å². The molecule has 1 atom stereocenters. The van der Waals surface area contributed by atoms with Gasteiger partial charge >= 0.3 is 0 Å². The molecule has 0 saturated carbocycles. The van der Waals surface area contributed by atoms with Gasteiger partial charge < -0.3 is 5.11 Å². The Morgan fingerprint density at radius 3 is 2.67 bits per heavy atom. The fraction of sp³-hybridized carbons (Fsp3) is 0.400. The van der Waals surface area contributed by atoms with Gasteiger partial charge in [0, 0.05) is 27.6 Å². The van der Waals surface area contributed by atoms with E-state index in [1.807, 2.05) is 30.3 Å². The van der Waals surface area contributed by atoms with Crippen molar-refractivity contribution in [1.29, 1.82) is 0 Å². The summed E-state index contributed by atoms with van der Waals surface area (Å²) in [6.07, 6.45) is 1.31. The van der Waals surface area contributed by atoms with Crippen LogP contribution in [0.25, 0.3) is 10.9 Å². The molecule has 0 aliphatic carbocycles. The number of para-hydroxylation sites is 1. The minimum absolute atomic E-state index is 0.166. The zero-order valence-electron chi connectivity index (χ0n) is 11.1. The van der Waals surface area contributed by atoms with Crippen LogP contribution in [0.15, 0.2) is 36.5 Å². The average molecular weight is 261 g/mol. The van der Waals surface area contributed by atoms with E-state index < -0.39 is 6.10 Å². The highest BCUT2D eigenvalue weighted by atomic mass is 32.2. The number of aliphatic hydroxyl groups is 1. The maximum absolute atomic E-state index is 10.3. The van der Waals surface area contributed by atoms with Crippen LogP contribution < -0.4 is 0 Å². The Morgan fingerprint density at radius 2 is 1.94 bits per heavy atom. The quantitative estimate of drug-likeness (QED) is 0.912. The summed E-state index contributed by atoms with van der Waals surface area (Å²) < 4.78 is 0.166. The van der Waals surface area contributed by atoms with Crippen molar-refractivity contribution < 1.29 is 5.11 Å². The number of aromatic nitrogens is 1. The Kier molecular flexibility index (Phi) is 3.93. The van der Waals surface area contributed by atoms with Gasteiger partial charge in [-0.05, 0) is 6.07 Å². The normalized spacial score (nSPS) is 13.8. The number of hydrogen-bond donors (Lipinski definition) is 1. The lowest BCUT2D eigenvalue weighted by Crippen LogP contribution is -2.12. The summed E-state index contributed by atoms with van der Waals surface area (Å²) in [5, 5.41) is 11.4. The van der Waals surface area contributed by atoms with E-state index >= 15 is 0 Å². The molecule has 0 fully saturated rings. The third-order valence-electron chi connectivity index (χ3n) is 2.70. The summed E-state index contributed by atoms with van der Waals surface area (Å²) in [6, 6.07) is 9.90. The molecule has 18 heavy (non-hydrogen) atoms. The average Bonchev–Trinajstić information content (AvgIpc) is 2.34. The van der Waals surface area contributed by atoms with Gasteiger partial charge in [0.15, 0.2) is 0 Å². The topological polar surface area (TPSA) is 33.1 Å². The SMILES string of the molecule is CC(C)(C)SCC(O)c1cccc2cccnc12. The number of rotatable bonds is 3. The predicted octanol–water partition coefficient (Wildman–Crippen LogP) is 3.80. The van der Waals surface area contributed by atoms with E-state index in [1.54, 1.807) is 18.0 Å². The molecule has 2 aromatic rings. The van der Waals surface area contributed by atoms with Gasteiger partial charge in [-0.25, -0.2) is 0 Å². The van der Waals surface area contributed by atoms with Crippen molar-refractivity contribution in [2.45, 2.75) is 31.6 Å². The van der Waals surface area contributed by atoms with Gasteiger partial charge in [0.1, 0.15) is 0 Å². The van der Waals surface area contributed by atoms with Crippen molar-refractivity contribution in [1.82, 2.24) is 4.98 Å². The van der Waals surface area contributed by atoms with Crippen LogP contribution in [0.4, 0.5) is 0 Å². The Balaban J connectivity index is 2.25. The summed E-state index contributed by atoms with van der Waals surface area (Å²) in [5.41, 5.74) is 1.83. The fourth-order valence-electron chi connectivity index (χ4n) is 1.82. The molecule has 96 valence electrons. The third-order valence-corrected chi connectivity index (χ3v) is 4.05. The molecule has 1 N–H and O–H groups in total. The summed E-state index contributed by atoms with van der Waals surface area (Å²) in [7, 11) is 0. The van der Waals surface area contributed by atoms with Crippen molar-refractivity contribution in [3.8, 4) is 0 Å². The number of thioether (sulfide) groups is 1. The highest BCUT2D eigenvalue weighted by Crippen LogP contribution is 2.30. The van der Waals surface area contributed by atoms with Gasteiger partial charge in [0.25, 0.3) is 0 Å². The highest BCUT2D eigenvalue weighted by molar-refractivity contribution is 8.00. The summed E-state index contributed by atoms with van der Waals surface area (Å²) in [6.45, 7) is 6.48. The van der Waals surface area contributed by atoms with Crippen LogP contribution in [0.5, 0.6) is 0 Å². The van der Waals surface area contributed by atoms with Crippen molar-refractivity contribution >= 4 is 22.7 Å². The third kappa shape index (κ3) is 3.24. The second-order valence-electron chi connectivity index (χ2n) is 5.36. The van der Waals surface area contributed by atoms with Crippen LogP contribution >= 0.6 is 11.8 Å². The number of nitrogens with zero attached hydrogens (tertiary/aromatic N) is 1. The maximum Gasteiger partial charge on any atom is 0.0901 e. The van der Waals surface area contributed by atoms with Crippen LogP contribution in [-0.4, -0.2) is 20.6 Å². The van der Waals surface area contributed by atoms with E-state index in [4.69, 9.17) is 0 Å². The second kappa shape index (κ2) is 5.29. The van der Waals surface area contributed by atoms with E-state index in [0.717, 1.165) is 16.5 Å². The second-order valence-corrected chi connectivity index (χ2v) is 7.21. The zero-order valence-corrected chi connectivity index (χ0v) is 11.9. The van der Waals surface area contributed by atoms with Crippen LogP contribution in [0.1, 0.15) is 32.4 Å². The molecule has 0 aliphatic rings. The summed E-state index contributed by atoms with van der Waals surface area (Å²) >= 11 is 1.77. The minimum atomic E-state index is -0.465. The van der Waals surface area contributed by atoms with Crippen molar-refractivity contribution in [2.24, 2.45) is 0 Å². The number of fused-ring (bicyclic) bond motifs is 1. The van der Waals surface area contributed by atoms with E-state index in [0.29, 0.717) is 5.75 Å². The van der Waals surface area contributed by atoms with Gasteiger partial charge in [-0.2, -0.15) is 11.8 Å². The van der Waals surface area contributed by atoms with Crippen LogP contribution in [0, 0.1) is 0 Å². The molecule has 2 nitrogen and oxygen atoms in total. The molecular weight excluding hydrogens is 242 g/mol. The van der Waals surface area contributed by atoms with E-state index in [1.165, 1.54) is 0 Å². The van der Waals surface area contributed by atoms with Gasteiger partial charge in [0.05, 0.1) is 11.6 Å². The first-order valence-electron chi connectivity index (χ1n) is 6.13. The molecule has 0 bridgehead atoms. The zero-order chi connectivity index (χ0) is 13.2. The number of pyridine rings is 1. The number of benzene rings is 1. The maximum atomic E-state index is 10.3. The van der Waals surface area contributed by atoms with Gasteiger partial charge in [0.2, 0.25) is 0 Å². The highest BCUT2D eigenvalue weighted by Gasteiger charge is 2.17. The fourth-order valence-corrected chi connectivity index (χ4v) is 2.65. The number of hydrogen-bond acceptors (Lipinski definition) is 3. The Morgan fingerprint density at radius 1 is 1.22 bits per heavy atom. The molecule has 0 aliphatic heterocycles. The summed E-state index contributed by atoms with van der Waals surface area (Å²) in [5.74, 6) is 0.694. The molecule has 0 spiro atoms. The molecule has 1 aromatic carbocycles. The molecule has 2 rings (SSSR count). The molecule has 0 radical (unpaired) electrons. The predicted molar refractivity (Wildman–Crippen MR) is 78.9 cm³/mol. The molecule has 1 unspecified atom stereocenters. The molecular formula is C15H19NOS. The Bertz CT molecular complexity index is 528. The van der Waals surface area contributed by atoms with Crippen LogP contribution in [0.3, 0.4) is 0 Å². The molecule has 3 heteroatoms. The van der Waals surface area contributed by atoms with Crippen molar-refractivity contribution in [3.63, 3.8) is 0 Å². The lowest BCUT2D eigenvalue weighted by molar-refractivity contribution is 0.205. The number of aliphatic hydroxyl groups excluding tert-OH is 1. The van der Waals surface area contributed by atoms with E-state index in [2.05, 4.69) is 25.8 Å². The standard InChI is InChI=1S/C15H19NOS/c1-15(2,3)18-10-13(17)12-8-4-6-11-7-5-9-16-14(11)12/h4-9,13,17H,10H2,1-3H3. The van der Waals surface area contributed by atoms with Crippen LogP contribution in [0.2, 0.25) is 0 Å². The first-order valence-corrected chi connectivity index (χ1v) is 7.11. The van der Waals surface area contributed by atoms with E-state index in [9.17, 15) is 5.11 Å². The monoisotopic (exact) mass is 261 g/mol. The molecule has 0 amide bonds. The first kappa shape index (κ1) is 13.4. The molecule has 1 heterocycles. The lowest BCUT2D eigenvalue weighted by Gasteiger charge is -2.20. The Hall–Kier alpha value is -1.06. The lowest BCUT2D eigenvalue weighted by atomic mass is 10.1. The van der Waals surface area contributed by atoms with Gasteiger partial charge in [-0.3, -0.25) is 4.98 Å². The minimum Gasteiger partial charge on any atom is -0.387 e. The van der Waals surface area contributed by atoms with E-state index in [-0.39, 0.29) is 4.75 Å². The van der Waals surface area contributed by atoms with Crippen molar-refractivity contribution in [2.75, 3.05) is 5.75 Å². The Labute approximate surface area is 112 Å². The largest absolute Gasteiger partial charge is 0.387 e. The molecule has 0 saturated heterocycles. The smallest absolute Gasteiger partial charge is 0.0901 e. The van der Waals surface area contributed by atoms with Gasteiger partial charge in [-0.1, -0.05) is 45.0 Å². The first-order chi connectivity index (χ1) is 8.47. The van der Waals surface area contributed by atoms with Crippen molar-refractivity contribution in [3.05, 3.63) is 42.1 Å². The molecule has 1 aromatic heterocycles.